The quantitative estimate of drug-likeness (QED) is 0.573. The summed E-state index contributed by atoms with van der Waals surface area (Å²) >= 11 is 0. The normalized spacial score (nSPS) is 34.9. The number of hydrogen-bond donors (Lipinski definition) is 2. The first-order valence-corrected chi connectivity index (χ1v) is 10.3. The van der Waals surface area contributed by atoms with Crippen molar-refractivity contribution in [1.82, 2.24) is 15.5 Å². The van der Waals surface area contributed by atoms with Crippen LogP contribution in [0.15, 0.2) is 4.99 Å². The molecule has 4 atom stereocenters. The van der Waals surface area contributed by atoms with Crippen molar-refractivity contribution in [3.8, 4) is 0 Å². The Morgan fingerprint density at radius 1 is 1.27 bits per heavy atom. The third-order valence-corrected chi connectivity index (χ3v) is 6.19. The molecule has 6 nitrogen and oxygen atoms in total. The average Bonchev–Trinajstić information content (AvgIpc) is 2.61. The first-order valence-electron chi connectivity index (χ1n) is 10.3. The molecule has 3 rings (SSSR count). The molecular formula is C20H38N4O2. The zero-order valence-corrected chi connectivity index (χ0v) is 17.3. The van der Waals surface area contributed by atoms with Gasteiger partial charge in [0.05, 0.1) is 18.8 Å². The van der Waals surface area contributed by atoms with Crippen LogP contribution in [0.2, 0.25) is 0 Å². The molecule has 4 unspecified atom stereocenters. The summed E-state index contributed by atoms with van der Waals surface area (Å²) in [7, 11) is 1.85. The largest absolute Gasteiger partial charge is 0.377 e. The number of nitrogens with zero attached hydrogens (tertiary/aromatic N) is 2. The molecule has 0 aromatic heterocycles. The highest BCUT2D eigenvalue weighted by Gasteiger charge is 2.58. The van der Waals surface area contributed by atoms with E-state index in [-0.39, 0.29) is 11.5 Å². The average molecular weight is 367 g/mol. The Labute approximate surface area is 159 Å². The van der Waals surface area contributed by atoms with Gasteiger partial charge in [-0.3, -0.25) is 9.89 Å². The number of guanidine groups is 1. The van der Waals surface area contributed by atoms with E-state index in [1.807, 2.05) is 7.05 Å². The van der Waals surface area contributed by atoms with Crippen molar-refractivity contribution in [2.45, 2.75) is 58.8 Å². The van der Waals surface area contributed by atoms with Gasteiger partial charge in [-0.2, -0.15) is 0 Å². The van der Waals surface area contributed by atoms with Crippen LogP contribution in [0.1, 0.15) is 40.5 Å². The summed E-state index contributed by atoms with van der Waals surface area (Å²) in [5.41, 5.74) is 0.151. The van der Waals surface area contributed by atoms with Gasteiger partial charge in [-0.05, 0) is 18.8 Å². The molecule has 3 fully saturated rings. The fourth-order valence-corrected chi connectivity index (χ4v) is 4.95. The minimum absolute atomic E-state index is 0.151. The van der Waals surface area contributed by atoms with Crippen molar-refractivity contribution in [2.75, 3.05) is 46.4 Å². The number of aliphatic imine (C=N–C) groups is 1. The van der Waals surface area contributed by atoms with Gasteiger partial charge >= 0.3 is 0 Å². The molecule has 0 bridgehead atoms. The first-order chi connectivity index (χ1) is 12.4. The summed E-state index contributed by atoms with van der Waals surface area (Å²) in [6.07, 6.45) is 3.03. The van der Waals surface area contributed by atoms with E-state index in [2.05, 4.69) is 48.2 Å². The molecule has 2 saturated heterocycles. The molecule has 2 heterocycles. The minimum Gasteiger partial charge on any atom is -0.377 e. The highest BCUT2D eigenvalue weighted by Crippen LogP contribution is 2.51. The van der Waals surface area contributed by atoms with Crippen molar-refractivity contribution >= 4 is 5.96 Å². The molecule has 0 amide bonds. The Morgan fingerprint density at radius 2 is 2.08 bits per heavy atom. The first kappa shape index (κ1) is 19.9. The second-order valence-corrected chi connectivity index (χ2v) is 9.14. The molecule has 26 heavy (non-hydrogen) atoms. The van der Waals surface area contributed by atoms with Crippen LogP contribution < -0.4 is 10.6 Å². The van der Waals surface area contributed by atoms with E-state index < -0.39 is 0 Å². The summed E-state index contributed by atoms with van der Waals surface area (Å²) < 4.78 is 12.0. The molecule has 6 heteroatoms. The van der Waals surface area contributed by atoms with E-state index in [0.717, 1.165) is 45.4 Å². The van der Waals surface area contributed by atoms with E-state index in [1.165, 1.54) is 12.8 Å². The number of rotatable bonds is 5. The summed E-state index contributed by atoms with van der Waals surface area (Å²) in [6, 6.07) is 0.420. The van der Waals surface area contributed by atoms with Crippen molar-refractivity contribution in [2.24, 2.45) is 22.2 Å². The lowest BCUT2D eigenvalue weighted by Gasteiger charge is -2.60. The van der Waals surface area contributed by atoms with Crippen LogP contribution in [-0.4, -0.2) is 75.5 Å². The second kappa shape index (κ2) is 8.44. The fraction of sp³-hybridized carbons (Fsp3) is 0.950. The van der Waals surface area contributed by atoms with Gasteiger partial charge in [0.15, 0.2) is 5.96 Å². The van der Waals surface area contributed by atoms with Crippen LogP contribution in [0, 0.1) is 17.3 Å². The fourth-order valence-electron chi connectivity index (χ4n) is 4.95. The smallest absolute Gasteiger partial charge is 0.191 e. The van der Waals surface area contributed by atoms with E-state index in [9.17, 15) is 0 Å². The van der Waals surface area contributed by atoms with Crippen LogP contribution in [0.25, 0.3) is 0 Å². The van der Waals surface area contributed by atoms with Gasteiger partial charge in [-0.25, -0.2) is 0 Å². The third-order valence-electron chi connectivity index (χ3n) is 6.19. The zero-order chi connectivity index (χ0) is 18.7. The topological polar surface area (TPSA) is 58.1 Å². The number of ether oxygens (including phenoxy) is 2. The number of morpholine rings is 1. The van der Waals surface area contributed by atoms with Gasteiger partial charge in [0, 0.05) is 57.2 Å². The molecule has 0 radical (unpaired) electrons. The van der Waals surface area contributed by atoms with Gasteiger partial charge in [0.1, 0.15) is 0 Å². The van der Waals surface area contributed by atoms with E-state index in [4.69, 9.17) is 9.47 Å². The maximum atomic E-state index is 6.01. The standard InChI is InChI=1S/C20H38N4O2/c1-14(2)12-24-8-10-25-15(13-24)11-22-19(21-5)23-17-16-7-6-9-26-18(16)20(17,3)4/h14-18H,6-13H2,1-5H3,(H2,21,22,23). The minimum atomic E-state index is 0.151. The summed E-state index contributed by atoms with van der Waals surface area (Å²) in [6.45, 7) is 14.9. The van der Waals surface area contributed by atoms with Crippen molar-refractivity contribution in [3.63, 3.8) is 0 Å². The van der Waals surface area contributed by atoms with Crippen LogP contribution in [0.3, 0.4) is 0 Å². The Balaban J connectivity index is 1.48. The number of nitrogens with one attached hydrogen (secondary N) is 2. The summed E-state index contributed by atoms with van der Waals surface area (Å²) in [5.74, 6) is 2.18. The number of fused-ring (bicyclic) bond motifs is 1. The molecule has 150 valence electrons. The Morgan fingerprint density at radius 3 is 2.81 bits per heavy atom. The molecule has 0 aromatic rings. The molecule has 0 spiro atoms. The molecule has 3 aliphatic rings. The van der Waals surface area contributed by atoms with Gasteiger partial charge in [-0.1, -0.05) is 27.7 Å². The zero-order valence-electron chi connectivity index (χ0n) is 17.3. The van der Waals surface area contributed by atoms with Crippen LogP contribution in [0.5, 0.6) is 0 Å². The second-order valence-electron chi connectivity index (χ2n) is 9.14. The highest BCUT2D eigenvalue weighted by molar-refractivity contribution is 5.80. The molecule has 2 N–H and O–H groups in total. The Kier molecular flexibility index (Phi) is 6.46. The summed E-state index contributed by atoms with van der Waals surface area (Å²) in [4.78, 5) is 6.96. The van der Waals surface area contributed by atoms with Crippen molar-refractivity contribution < 1.29 is 9.47 Å². The van der Waals surface area contributed by atoms with E-state index >= 15 is 0 Å². The third kappa shape index (κ3) is 4.34. The molecule has 1 aliphatic carbocycles. The lowest BCUT2D eigenvalue weighted by Crippen LogP contribution is -2.71. The van der Waals surface area contributed by atoms with Crippen LogP contribution in [0.4, 0.5) is 0 Å². The van der Waals surface area contributed by atoms with Gasteiger partial charge < -0.3 is 20.1 Å². The van der Waals surface area contributed by atoms with E-state index in [0.29, 0.717) is 24.0 Å². The van der Waals surface area contributed by atoms with Crippen molar-refractivity contribution in [1.29, 1.82) is 0 Å². The van der Waals surface area contributed by atoms with E-state index in [1.54, 1.807) is 0 Å². The lowest BCUT2D eigenvalue weighted by atomic mass is 9.55. The summed E-state index contributed by atoms with van der Waals surface area (Å²) in [5, 5.41) is 7.16. The highest BCUT2D eigenvalue weighted by atomic mass is 16.5. The predicted molar refractivity (Wildman–Crippen MR) is 106 cm³/mol. The molecule has 0 aromatic carbocycles. The molecular weight excluding hydrogens is 328 g/mol. The maximum Gasteiger partial charge on any atom is 0.191 e. The van der Waals surface area contributed by atoms with Gasteiger partial charge in [0.25, 0.3) is 0 Å². The lowest BCUT2D eigenvalue weighted by molar-refractivity contribution is -0.188. The molecule has 1 saturated carbocycles. The SMILES string of the molecule is CN=C(NCC1CN(CC(C)C)CCO1)NC1C2CCCOC2C1(C)C. The van der Waals surface area contributed by atoms with Crippen LogP contribution >= 0.6 is 0 Å². The predicted octanol–water partition coefficient (Wildman–Crippen LogP) is 1.71. The molecule has 2 aliphatic heterocycles. The maximum absolute atomic E-state index is 6.01. The van der Waals surface area contributed by atoms with Gasteiger partial charge in [0.2, 0.25) is 0 Å². The van der Waals surface area contributed by atoms with Crippen molar-refractivity contribution in [3.05, 3.63) is 0 Å². The Bertz CT molecular complexity index is 494. The number of hydrogen-bond acceptors (Lipinski definition) is 4. The van der Waals surface area contributed by atoms with Crippen LogP contribution in [-0.2, 0) is 9.47 Å². The monoisotopic (exact) mass is 366 g/mol. The van der Waals surface area contributed by atoms with Gasteiger partial charge in [-0.15, -0.1) is 0 Å². The Hall–Kier alpha value is -0.850.